The van der Waals surface area contributed by atoms with Crippen molar-refractivity contribution in [2.75, 3.05) is 11.4 Å². The zero-order valence-electron chi connectivity index (χ0n) is 11.5. The summed E-state index contributed by atoms with van der Waals surface area (Å²) in [4.78, 5) is 14.2. The molecule has 2 heterocycles. The van der Waals surface area contributed by atoms with E-state index in [9.17, 15) is 4.79 Å². The highest BCUT2D eigenvalue weighted by atomic mass is 35.5. The molecule has 0 fully saturated rings. The molecule has 1 amide bonds. The van der Waals surface area contributed by atoms with E-state index in [1.165, 1.54) is 6.20 Å². The predicted octanol–water partition coefficient (Wildman–Crippen LogP) is 3.40. The Hall–Kier alpha value is -1.68. The van der Waals surface area contributed by atoms with Gasteiger partial charge >= 0.3 is 0 Å². The molecule has 2 aromatic rings. The van der Waals surface area contributed by atoms with Gasteiger partial charge in [-0.15, -0.1) is 0 Å². The van der Waals surface area contributed by atoms with Crippen molar-refractivity contribution in [1.29, 1.82) is 5.26 Å². The second kappa shape index (κ2) is 6.21. The molecule has 0 N–H and O–H groups in total. The van der Waals surface area contributed by atoms with E-state index < -0.39 is 0 Å². The van der Waals surface area contributed by atoms with E-state index >= 15 is 0 Å². The number of nitrogens with zero attached hydrogens (tertiary/aromatic N) is 4. The van der Waals surface area contributed by atoms with Crippen molar-refractivity contribution in [3.63, 3.8) is 0 Å². The van der Waals surface area contributed by atoms with Gasteiger partial charge in [0.2, 0.25) is 0 Å². The number of carbonyl (C=O) groups excluding carboxylic acids is 1. The lowest BCUT2D eigenvalue weighted by Crippen LogP contribution is -2.43. The highest BCUT2D eigenvalue weighted by Crippen LogP contribution is 2.31. The van der Waals surface area contributed by atoms with E-state index in [2.05, 4.69) is 5.10 Å². The predicted molar refractivity (Wildman–Crippen MR) is 90.2 cm³/mol. The van der Waals surface area contributed by atoms with Gasteiger partial charge in [0.15, 0.2) is 0 Å². The molecule has 1 aromatic carbocycles. The first-order valence-corrected chi connectivity index (χ1v) is 7.03. The molecule has 0 bridgehead atoms. The van der Waals surface area contributed by atoms with E-state index in [1.807, 2.05) is 13.0 Å². The minimum Gasteiger partial charge on any atom is -0.305 e. The highest BCUT2D eigenvalue weighted by Gasteiger charge is 2.33. The summed E-state index contributed by atoms with van der Waals surface area (Å²) in [5, 5.41) is 14.0. The van der Waals surface area contributed by atoms with Gasteiger partial charge < -0.3 is 4.90 Å². The van der Waals surface area contributed by atoms with Gasteiger partial charge in [0.05, 0.1) is 22.3 Å². The SMILES string of the molecule is C[C@H]1CN(c2ccc(Cl)c(Cl)c2)C(=O)c2c(C#N)cnn21.S. The van der Waals surface area contributed by atoms with Gasteiger partial charge in [-0.3, -0.25) is 9.48 Å². The van der Waals surface area contributed by atoms with E-state index in [4.69, 9.17) is 28.5 Å². The molecule has 0 saturated heterocycles. The lowest BCUT2D eigenvalue weighted by atomic mass is 10.1. The van der Waals surface area contributed by atoms with Gasteiger partial charge in [0.1, 0.15) is 17.3 Å². The standard InChI is InChI=1S/C14H10Cl2N4O.H2S/c1-8-7-19(10-2-3-11(15)12(16)4-10)14(21)13-9(5-17)6-18-20(8)13;/h2-4,6,8H,7H2,1H3;1H2/t8-;/m0./s1. The van der Waals surface area contributed by atoms with E-state index in [-0.39, 0.29) is 31.0 Å². The molecule has 114 valence electrons. The Bertz CT molecular complexity index is 784. The molecule has 0 saturated carbocycles. The molecular formula is C14H12Cl2N4OS. The summed E-state index contributed by atoms with van der Waals surface area (Å²) in [5.74, 6) is -0.263. The molecule has 5 nitrogen and oxygen atoms in total. The van der Waals surface area contributed by atoms with Crippen LogP contribution in [-0.2, 0) is 0 Å². The van der Waals surface area contributed by atoms with Gasteiger partial charge in [-0.05, 0) is 25.1 Å². The maximum atomic E-state index is 12.6. The number of carbonyl (C=O) groups is 1. The number of benzene rings is 1. The van der Waals surface area contributed by atoms with Gasteiger partial charge in [0.25, 0.3) is 5.91 Å². The monoisotopic (exact) mass is 354 g/mol. The number of anilines is 1. The van der Waals surface area contributed by atoms with Crippen molar-refractivity contribution in [2.45, 2.75) is 13.0 Å². The molecule has 0 radical (unpaired) electrons. The molecule has 1 aliphatic heterocycles. The van der Waals surface area contributed by atoms with E-state index in [1.54, 1.807) is 27.8 Å². The summed E-state index contributed by atoms with van der Waals surface area (Å²) < 4.78 is 1.59. The van der Waals surface area contributed by atoms with Gasteiger partial charge in [0, 0.05) is 12.2 Å². The smallest absolute Gasteiger partial charge is 0.278 e. The Labute approximate surface area is 144 Å². The van der Waals surface area contributed by atoms with Crippen molar-refractivity contribution in [2.24, 2.45) is 0 Å². The Balaban J connectivity index is 0.00000176. The number of hydrogen-bond acceptors (Lipinski definition) is 3. The maximum Gasteiger partial charge on any atom is 0.278 e. The van der Waals surface area contributed by atoms with Crippen LogP contribution >= 0.6 is 36.7 Å². The van der Waals surface area contributed by atoms with Crippen LogP contribution in [0.4, 0.5) is 5.69 Å². The van der Waals surface area contributed by atoms with Crippen molar-refractivity contribution in [3.05, 3.63) is 45.7 Å². The summed E-state index contributed by atoms with van der Waals surface area (Å²) in [6.45, 7) is 2.39. The van der Waals surface area contributed by atoms with Crippen LogP contribution in [0.2, 0.25) is 10.0 Å². The van der Waals surface area contributed by atoms with Crippen LogP contribution in [0.3, 0.4) is 0 Å². The molecule has 1 atom stereocenters. The van der Waals surface area contributed by atoms with E-state index in [0.29, 0.717) is 28.0 Å². The van der Waals surface area contributed by atoms with Crippen LogP contribution in [0.25, 0.3) is 0 Å². The average Bonchev–Trinajstić information content (AvgIpc) is 2.90. The third kappa shape index (κ3) is 2.56. The quantitative estimate of drug-likeness (QED) is 0.788. The number of aromatic nitrogens is 2. The van der Waals surface area contributed by atoms with Crippen LogP contribution in [0.1, 0.15) is 29.0 Å². The van der Waals surface area contributed by atoms with Gasteiger partial charge in [-0.25, -0.2) is 0 Å². The van der Waals surface area contributed by atoms with Crippen molar-refractivity contribution >= 4 is 48.3 Å². The van der Waals surface area contributed by atoms with Crippen molar-refractivity contribution < 1.29 is 4.79 Å². The van der Waals surface area contributed by atoms with Gasteiger partial charge in [-0.1, -0.05) is 23.2 Å². The number of hydrogen-bond donors (Lipinski definition) is 0. The minimum atomic E-state index is -0.263. The molecule has 8 heteroatoms. The maximum absolute atomic E-state index is 12.6. The fourth-order valence-electron chi connectivity index (χ4n) is 2.42. The van der Waals surface area contributed by atoms with E-state index in [0.717, 1.165) is 0 Å². The first-order chi connectivity index (χ1) is 10.0. The molecule has 0 aliphatic carbocycles. The summed E-state index contributed by atoms with van der Waals surface area (Å²) in [6, 6.07) is 6.99. The van der Waals surface area contributed by atoms with Crippen LogP contribution in [-0.4, -0.2) is 22.2 Å². The fourth-order valence-corrected chi connectivity index (χ4v) is 2.71. The Morgan fingerprint density at radius 2 is 2.09 bits per heavy atom. The lowest BCUT2D eigenvalue weighted by Gasteiger charge is -2.32. The molecule has 3 rings (SSSR count). The molecule has 0 spiro atoms. The molecule has 0 unspecified atom stereocenters. The summed E-state index contributed by atoms with van der Waals surface area (Å²) in [7, 11) is 0. The Kier molecular flexibility index (Phi) is 4.71. The summed E-state index contributed by atoms with van der Waals surface area (Å²) >= 11 is 11.9. The van der Waals surface area contributed by atoms with Crippen LogP contribution in [0.15, 0.2) is 24.4 Å². The third-order valence-corrected chi connectivity index (χ3v) is 4.18. The second-order valence-electron chi connectivity index (χ2n) is 4.83. The first-order valence-electron chi connectivity index (χ1n) is 6.27. The average molecular weight is 355 g/mol. The lowest BCUT2D eigenvalue weighted by molar-refractivity contribution is 0.0953. The number of nitriles is 1. The largest absolute Gasteiger partial charge is 0.305 e. The van der Waals surface area contributed by atoms with Crippen molar-refractivity contribution in [3.8, 4) is 6.07 Å². The van der Waals surface area contributed by atoms with Crippen LogP contribution in [0, 0.1) is 11.3 Å². The summed E-state index contributed by atoms with van der Waals surface area (Å²) in [6.07, 6.45) is 1.42. The number of halogens is 2. The normalized spacial score (nSPS) is 16.7. The Morgan fingerprint density at radius 1 is 1.36 bits per heavy atom. The molecule has 22 heavy (non-hydrogen) atoms. The minimum absolute atomic E-state index is 0. The number of amides is 1. The van der Waals surface area contributed by atoms with Gasteiger partial charge in [-0.2, -0.15) is 23.9 Å². The molecule has 1 aromatic heterocycles. The molecule has 1 aliphatic rings. The number of fused-ring (bicyclic) bond motifs is 1. The van der Waals surface area contributed by atoms with Crippen molar-refractivity contribution in [1.82, 2.24) is 9.78 Å². The van der Waals surface area contributed by atoms with Crippen LogP contribution in [0.5, 0.6) is 0 Å². The molecular weight excluding hydrogens is 343 g/mol. The second-order valence-corrected chi connectivity index (χ2v) is 5.64. The van der Waals surface area contributed by atoms with Crippen LogP contribution < -0.4 is 4.90 Å². The third-order valence-electron chi connectivity index (χ3n) is 3.44. The topological polar surface area (TPSA) is 61.9 Å². The number of rotatable bonds is 1. The zero-order chi connectivity index (χ0) is 15.1. The Morgan fingerprint density at radius 3 is 2.73 bits per heavy atom. The zero-order valence-corrected chi connectivity index (χ0v) is 14.1. The fraction of sp³-hybridized carbons (Fsp3) is 0.214. The first kappa shape index (κ1) is 16.7. The highest BCUT2D eigenvalue weighted by molar-refractivity contribution is 7.59. The summed E-state index contributed by atoms with van der Waals surface area (Å²) in [5.41, 5.74) is 1.23.